The lowest BCUT2D eigenvalue weighted by molar-refractivity contribution is 0.199. The molecule has 1 N–H and O–H groups in total. The summed E-state index contributed by atoms with van der Waals surface area (Å²) < 4.78 is 13.7. The second kappa shape index (κ2) is 5.91. The van der Waals surface area contributed by atoms with Gasteiger partial charge in [-0.15, -0.1) is 0 Å². The molecule has 0 spiro atoms. The monoisotopic (exact) mass is 265 g/mol. The molecule has 0 aliphatic heterocycles. The first-order valence-electron chi connectivity index (χ1n) is 7.29. The van der Waals surface area contributed by atoms with Crippen LogP contribution in [0.3, 0.4) is 0 Å². The van der Waals surface area contributed by atoms with E-state index in [1.54, 1.807) is 13.8 Å². The van der Waals surface area contributed by atoms with Gasteiger partial charge in [-0.25, -0.2) is 4.39 Å². The van der Waals surface area contributed by atoms with E-state index in [-0.39, 0.29) is 5.82 Å². The second-order valence-corrected chi connectivity index (χ2v) is 5.61. The summed E-state index contributed by atoms with van der Waals surface area (Å²) in [4.78, 5) is 2.36. The maximum atomic E-state index is 13.7. The van der Waals surface area contributed by atoms with Crippen LogP contribution in [0.4, 0.5) is 10.1 Å². The van der Waals surface area contributed by atoms with Gasteiger partial charge < -0.3 is 10.0 Å². The summed E-state index contributed by atoms with van der Waals surface area (Å²) in [5.41, 5.74) is 2.39. The van der Waals surface area contributed by atoms with Gasteiger partial charge in [0.05, 0.1) is 6.10 Å². The van der Waals surface area contributed by atoms with Crippen LogP contribution in [0.5, 0.6) is 0 Å². The third-order valence-electron chi connectivity index (χ3n) is 3.81. The lowest BCUT2D eigenvalue weighted by Gasteiger charge is -2.28. The number of aliphatic hydroxyl groups excluding tert-OH is 1. The molecule has 1 atom stereocenters. The van der Waals surface area contributed by atoms with Crippen LogP contribution in [0.2, 0.25) is 0 Å². The molecule has 1 aromatic carbocycles. The van der Waals surface area contributed by atoms with Crippen LogP contribution >= 0.6 is 0 Å². The van der Waals surface area contributed by atoms with Crippen molar-refractivity contribution in [3.8, 4) is 0 Å². The summed E-state index contributed by atoms with van der Waals surface area (Å²) in [7, 11) is 0. The van der Waals surface area contributed by atoms with Gasteiger partial charge in [-0.3, -0.25) is 0 Å². The van der Waals surface area contributed by atoms with Crippen LogP contribution in [0.1, 0.15) is 56.8 Å². The first-order valence-corrected chi connectivity index (χ1v) is 7.29. The Morgan fingerprint density at radius 2 is 2.11 bits per heavy atom. The minimum Gasteiger partial charge on any atom is -0.389 e. The van der Waals surface area contributed by atoms with Crippen molar-refractivity contribution < 1.29 is 9.50 Å². The lowest BCUT2D eigenvalue weighted by Crippen LogP contribution is -2.28. The Hall–Kier alpha value is -1.09. The number of halogens is 1. The fourth-order valence-electron chi connectivity index (χ4n) is 2.48. The van der Waals surface area contributed by atoms with Crippen molar-refractivity contribution in [1.82, 2.24) is 0 Å². The normalized spacial score (nSPS) is 16.5. The Kier molecular flexibility index (Phi) is 4.46. The van der Waals surface area contributed by atoms with E-state index in [0.717, 1.165) is 25.1 Å². The number of nitrogens with zero attached hydrogens (tertiary/aromatic N) is 1. The van der Waals surface area contributed by atoms with Crippen LogP contribution in [-0.2, 0) is 0 Å². The summed E-state index contributed by atoms with van der Waals surface area (Å²) in [5, 5.41) is 9.90. The highest BCUT2D eigenvalue weighted by atomic mass is 19.1. The molecule has 0 saturated heterocycles. The molecule has 19 heavy (non-hydrogen) atoms. The van der Waals surface area contributed by atoms with Crippen molar-refractivity contribution >= 4 is 5.69 Å². The summed E-state index contributed by atoms with van der Waals surface area (Å²) >= 11 is 0. The zero-order valence-electron chi connectivity index (χ0n) is 12.1. The highest BCUT2D eigenvalue weighted by Gasteiger charge is 2.31. The number of aryl methyl sites for hydroxylation is 1. The summed E-state index contributed by atoms with van der Waals surface area (Å²) in [6, 6.07) is 3.97. The zero-order chi connectivity index (χ0) is 14.0. The molecule has 106 valence electrons. The van der Waals surface area contributed by atoms with Crippen molar-refractivity contribution in [1.29, 1.82) is 0 Å². The van der Waals surface area contributed by atoms with Crippen molar-refractivity contribution in [2.24, 2.45) is 0 Å². The number of anilines is 1. The third-order valence-corrected chi connectivity index (χ3v) is 3.81. The van der Waals surface area contributed by atoms with E-state index in [0.29, 0.717) is 17.2 Å². The SMILES string of the molecule is CCCCN(c1cc(C)c(F)cc1[C@@H](C)O)C1CC1. The largest absolute Gasteiger partial charge is 0.389 e. The molecule has 0 radical (unpaired) electrons. The van der Waals surface area contributed by atoms with Gasteiger partial charge in [-0.1, -0.05) is 13.3 Å². The van der Waals surface area contributed by atoms with Crippen LogP contribution in [0, 0.1) is 12.7 Å². The number of benzene rings is 1. The average molecular weight is 265 g/mol. The van der Waals surface area contributed by atoms with Gasteiger partial charge in [0.15, 0.2) is 0 Å². The van der Waals surface area contributed by atoms with E-state index in [2.05, 4.69) is 11.8 Å². The molecule has 2 nitrogen and oxygen atoms in total. The van der Waals surface area contributed by atoms with Gasteiger partial charge in [-0.2, -0.15) is 0 Å². The fourth-order valence-corrected chi connectivity index (χ4v) is 2.48. The van der Waals surface area contributed by atoms with Gasteiger partial charge >= 0.3 is 0 Å². The third kappa shape index (κ3) is 3.27. The highest BCUT2D eigenvalue weighted by Crippen LogP contribution is 2.37. The van der Waals surface area contributed by atoms with Crippen LogP contribution < -0.4 is 4.90 Å². The van der Waals surface area contributed by atoms with E-state index < -0.39 is 6.10 Å². The Balaban J connectivity index is 2.36. The van der Waals surface area contributed by atoms with E-state index in [1.807, 2.05) is 6.07 Å². The molecule has 1 fully saturated rings. The molecule has 1 aromatic rings. The van der Waals surface area contributed by atoms with Gasteiger partial charge in [0.2, 0.25) is 0 Å². The number of hydrogen-bond donors (Lipinski definition) is 1. The molecule has 0 amide bonds. The average Bonchev–Trinajstić information content (AvgIpc) is 3.17. The molecule has 2 rings (SSSR count). The van der Waals surface area contributed by atoms with Crippen LogP contribution in [-0.4, -0.2) is 17.7 Å². The Bertz CT molecular complexity index is 441. The lowest BCUT2D eigenvalue weighted by atomic mass is 10.0. The second-order valence-electron chi connectivity index (χ2n) is 5.61. The predicted molar refractivity (Wildman–Crippen MR) is 77.0 cm³/mol. The Labute approximate surface area is 115 Å². The van der Waals surface area contributed by atoms with E-state index >= 15 is 0 Å². The fraction of sp³-hybridized carbons (Fsp3) is 0.625. The maximum Gasteiger partial charge on any atom is 0.126 e. The molecule has 1 aliphatic carbocycles. The summed E-state index contributed by atoms with van der Waals surface area (Å²) in [6.45, 7) is 6.66. The summed E-state index contributed by atoms with van der Waals surface area (Å²) in [6.07, 6.45) is 4.06. The smallest absolute Gasteiger partial charge is 0.126 e. The molecule has 1 saturated carbocycles. The maximum absolute atomic E-state index is 13.7. The number of hydrogen-bond acceptors (Lipinski definition) is 2. The van der Waals surface area contributed by atoms with Gasteiger partial charge in [0.25, 0.3) is 0 Å². The van der Waals surface area contributed by atoms with Gasteiger partial charge in [0, 0.05) is 23.8 Å². The van der Waals surface area contributed by atoms with E-state index in [4.69, 9.17) is 0 Å². The van der Waals surface area contributed by atoms with Gasteiger partial charge in [0.1, 0.15) is 5.82 Å². The molecular formula is C16H24FNO. The minimum absolute atomic E-state index is 0.231. The quantitative estimate of drug-likeness (QED) is 0.841. The number of rotatable bonds is 6. The highest BCUT2D eigenvalue weighted by molar-refractivity contribution is 5.58. The topological polar surface area (TPSA) is 23.5 Å². The predicted octanol–water partition coefficient (Wildman–Crippen LogP) is 3.96. The van der Waals surface area contributed by atoms with Crippen molar-refractivity contribution in [2.75, 3.05) is 11.4 Å². The Morgan fingerprint density at radius 1 is 1.42 bits per heavy atom. The number of aliphatic hydroxyl groups is 1. The first kappa shape index (κ1) is 14.3. The van der Waals surface area contributed by atoms with E-state index in [9.17, 15) is 9.50 Å². The van der Waals surface area contributed by atoms with E-state index in [1.165, 1.54) is 18.9 Å². The van der Waals surface area contributed by atoms with Crippen molar-refractivity contribution in [3.05, 3.63) is 29.1 Å². The number of unbranched alkanes of at least 4 members (excludes halogenated alkanes) is 1. The van der Waals surface area contributed by atoms with Gasteiger partial charge in [-0.05, 0) is 50.8 Å². The molecule has 0 unspecified atom stereocenters. The molecule has 3 heteroatoms. The first-order chi connectivity index (χ1) is 9.04. The van der Waals surface area contributed by atoms with Crippen molar-refractivity contribution in [3.63, 3.8) is 0 Å². The zero-order valence-corrected chi connectivity index (χ0v) is 12.1. The van der Waals surface area contributed by atoms with Crippen molar-refractivity contribution in [2.45, 2.75) is 58.6 Å². The van der Waals surface area contributed by atoms with Crippen LogP contribution in [0.15, 0.2) is 12.1 Å². The molecule has 1 aliphatic rings. The molecule has 0 heterocycles. The molecule has 0 bridgehead atoms. The minimum atomic E-state index is -0.632. The van der Waals surface area contributed by atoms with Crippen LogP contribution in [0.25, 0.3) is 0 Å². The Morgan fingerprint density at radius 3 is 2.63 bits per heavy atom. The molecular weight excluding hydrogens is 241 g/mol. The standard InChI is InChI=1S/C16H24FNO/c1-4-5-8-18(13-6-7-13)16-9-11(2)15(17)10-14(16)12(3)19/h9-10,12-13,19H,4-8H2,1-3H3/t12-/m1/s1. The molecule has 0 aromatic heterocycles. The summed E-state index contributed by atoms with van der Waals surface area (Å²) in [5.74, 6) is -0.231.